The highest BCUT2D eigenvalue weighted by Gasteiger charge is 2.23. The van der Waals surface area contributed by atoms with E-state index in [-0.39, 0.29) is 4.90 Å². The molecule has 0 aliphatic carbocycles. The van der Waals surface area contributed by atoms with Gasteiger partial charge in [0.05, 0.1) is 22.5 Å². The number of hydrogen-bond donors (Lipinski definition) is 1. The van der Waals surface area contributed by atoms with E-state index in [1.165, 1.54) is 19.2 Å². The third-order valence-corrected chi connectivity index (χ3v) is 6.01. The molecule has 0 atom stereocenters. The molecular formula is C20H18BrNO3S. The molecule has 134 valence electrons. The summed E-state index contributed by atoms with van der Waals surface area (Å²) in [6.07, 6.45) is 0. The summed E-state index contributed by atoms with van der Waals surface area (Å²) in [5, 5.41) is 0. The third-order valence-electron chi connectivity index (χ3n) is 3.97. The summed E-state index contributed by atoms with van der Waals surface area (Å²) in [6, 6.07) is 23.2. The normalized spacial score (nSPS) is 11.5. The Hall–Kier alpha value is -2.15. The summed E-state index contributed by atoms with van der Waals surface area (Å²) in [5.74, 6) is 0.576. The van der Waals surface area contributed by atoms with Crippen LogP contribution in [0.25, 0.3) is 0 Å². The molecule has 3 rings (SSSR count). The Balaban J connectivity index is 2.00. The molecule has 3 aromatic carbocycles. The summed E-state index contributed by atoms with van der Waals surface area (Å²) in [5.41, 5.74) is 1.74. The molecule has 0 aliphatic rings. The largest absolute Gasteiger partial charge is 0.496 e. The molecule has 0 unspecified atom stereocenters. The smallest absolute Gasteiger partial charge is 0.241 e. The van der Waals surface area contributed by atoms with Crippen LogP contribution < -0.4 is 9.46 Å². The molecule has 6 heteroatoms. The van der Waals surface area contributed by atoms with Crippen molar-refractivity contribution in [3.63, 3.8) is 0 Å². The van der Waals surface area contributed by atoms with E-state index in [0.717, 1.165) is 11.1 Å². The second kappa shape index (κ2) is 8.03. The van der Waals surface area contributed by atoms with Gasteiger partial charge in [-0.1, -0.05) is 60.7 Å². The third kappa shape index (κ3) is 4.15. The summed E-state index contributed by atoms with van der Waals surface area (Å²) in [4.78, 5) is 0.169. The molecule has 26 heavy (non-hydrogen) atoms. The lowest BCUT2D eigenvalue weighted by atomic mass is 10.00. The van der Waals surface area contributed by atoms with Crippen molar-refractivity contribution in [3.05, 3.63) is 94.5 Å². The fourth-order valence-corrected chi connectivity index (χ4v) is 4.59. The Labute approximate surface area is 162 Å². The van der Waals surface area contributed by atoms with Crippen molar-refractivity contribution in [3.8, 4) is 5.75 Å². The van der Waals surface area contributed by atoms with Gasteiger partial charge in [-0.2, -0.15) is 4.72 Å². The number of rotatable bonds is 6. The number of methoxy groups -OCH3 is 1. The van der Waals surface area contributed by atoms with E-state index >= 15 is 0 Å². The van der Waals surface area contributed by atoms with Gasteiger partial charge in [0.25, 0.3) is 0 Å². The van der Waals surface area contributed by atoms with Gasteiger partial charge in [-0.25, -0.2) is 8.42 Å². The Kier molecular flexibility index (Phi) is 5.76. The maximum absolute atomic E-state index is 13.0. The summed E-state index contributed by atoms with van der Waals surface area (Å²) in [7, 11) is -2.20. The lowest BCUT2D eigenvalue weighted by Crippen LogP contribution is -2.29. The van der Waals surface area contributed by atoms with Crippen LogP contribution in [-0.2, 0) is 10.0 Å². The Morgan fingerprint density at radius 1 is 0.885 bits per heavy atom. The van der Waals surface area contributed by atoms with Gasteiger partial charge in [0.2, 0.25) is 10.0 Å². The Bertz CT molecular complexity index is 937. The standard InChI is InChI=1S/C20H18BrNO3S/c1-25-19-13-12-17(14-18(19)21)26(23,24)22-20(15-8-4-2-5-9-15)16-10-6-3-7-11-16/h2-14,20,22H,1H3. The number of hydrogen-bond acceptors (Lipinski definition) is 3. The van der Waals surface area contributed by atoms with Crippen LogP contribution in [0, 0.1) is 0 Å². The first kappa shape index (κ1) is 18.6. The van der Waals surface area contributed by atoms with Gasteiger partial charge in [0.15, 0.2) is 0 Å². The van der Waals surface area contributed by atoms with E-state index in [0.29, 0.717) is 10.2 Å². The molecule has 0 saturated carbocycles. The molecule has 3 aromatic rings. The average molecular weight is 432 g/mol. The SMILES string of the molecule is COc1ccc(S(=O)(=O)NC(c2ccccc2)c2ccccc2)cc1Br. The topological polar surface area (TPSA) is 55.4 Å². The van der Waals surface area contributed by atoms with E-state index in [1.807, 2.05) is 60.7 Å². The first-order chi connectivity index (χ1) is 12.5. The molecule has 0 aromatic heterocycles. The monoisotopic (exact) mass is 431 g/mol. The van der Waals surface area contributed by atoms with Crippen molar-refractivity contribution in [2.45, 2.75) is 10.9 Å². The van der Waals surface area contributed by atoms with Gasteiger partial charge in [0.1, 0.15) is 5.75 Å². The average Bonchev–Trinajstić information content (AvgIpc) is 2.67. The second-order valence-electron chi connectivity index (χ2n) is 5.67. The van der Waals surface area contributed by atoms with E-state index < -0.39 is 16.1 Å². The maximum atomic E-state index is 13.0. The molecule has 0 amide bonds. The molecule has 0 bridgehead atoms. The van der Waals surface area contributed by atoms with Crippen LogP contribution in [-0.4, -0.2) is 15.5 Å². The van der Waals surface area contributed by atoms with Crippen LogP contribution in [0.4, 0.5) is 0 Å². The Morgan fingerprint density at radius 3 is 1.88 bits per heavy atom. The van der Waals surface area contributed by atoms with Crippen molar-refractivity contribution in [1.29, 1.82) is 0 Å². The number of nitrogens with one attached hydrogen (secondary N) is 1. The number of benzene rings is 3. The zero-order chi connectivity index (χ0) is 18.6. The highest BCUT2D eigenvalue weighted by atomic mass is 79.9. The fourth-order valence-electron chi connectivity index (χ4n) is 2.66. The van der Waals surface area contributed by atoms with Crippen molar-refractivity contribution >= 4 is 26.0 Å². The van der Waals surface area contributed by atoms with Crippen LogP contribution in [0.15, 0.2) is 88.2 Å². The van der Waals surface area contributed by atoms with Gasteiger partial charge >= 0.3 is 0 Å². The number of halogens is 1. The van der Waals surface area contributed by atoms with Crippen molar-refractivity contribution < 1.29 is 13.2 Å². The van der Waals surface area contributed by atoms with Gasteiger partial charge in [-0.15, -0.1) is 0 Å². The Morgan fingerprint density at radius 2 is 1.42 bits per heavy atom. The summed E-state index contributed by atoms with van der Waals surface area (Å²) in [6.45, 7) is 0. The molecule has 0 radical (unpaired) electrons. The van der Waals surface area contributed by atoms with E-state index in [4.69, 9.17) is 4.74 Å². The first-order valence-electron chi connectivity index (χ1n) is 7.97. The molecule has 1 N–H and O–H groups in total. The van der Waals surface area contributed by atoms with Gasteiger partial charge < -0.3 is 4.74 Å². The minimum Gasteiger partial charge on any atom is -0.496 e. The van der Waals surface area contributed by atoms with Gasteiger partial charge in [-0.3, -0.25) is 0 Å². The van der Waals surface area contributed by atoms with E-state index in [9.17, 15) is 8.42 Å². The molecule has 0 fully saturated rings. The van der Waals surface area contributed by atoms with Crippen molar-refractivity contribution in [2.75, 3.05) is 7.11 Å². The highest BCUT2D eigenvalue weighted by Crippen LogP contribution is 2.29. The lowest BCUT2D eigenvalue weighted by molar-refractivity contribution is 0.411. The number of ether oxygens (including phenoxy) is 1. The van der Waals surface area contributed by atoms with Crippen molar-refractivity contribution in [2.24, 2.45) is 0 Å². The zero-order valence-electron chi connectivity index (χ0n) is 14.1. The molecule has 0 heterocycles. The predicted octanol–water partition coefficient (Wildman–Crippen LogP) is 4.53. The van der Waals surface area contributed by atoms with Gasteiger partial charge in [-0.05, 0) is 45.3 Å². The molecule has 4 nitrogen and oxygen atoms in total. The van der Waals surface area contributed by atoms with Crippen LogP contribution in [0.1, 0.15) is 17.2 Å². The van der Waals surface area contributed by atoms with Crippen LogP contribution >= 0.6 is 15.9 Å². The fraction of sp³-hybridized carbons (Fsp3) is 0.100. The summed E-state index contributed by atoms with van der Waals surface area (Å²) < 4.78 is 34.5. The molecule has 0 aliphatic heterocycles. The van der Waals surface area contributed by atoms with E-state index in [2.05, 4.69) is 20.7 Å². The minimum absolute atomic E-state index is 0.169. The van der Waals surface area contributed by atoms with Crippen molar-refractivity contribution in [1.82, 2.24) is 4.72 Å². The van der Waals surface area contributed by atoms with Crippen LogP contribution in [0.2, 0.25) is 0 Å². The molecule has 0 spiro atoms. The number of sulfonamides is 1. The predicted molar refractivity (Wildman–Crippen MR) is 106 cm³/mol. The first-order valence-corrected chi connectivity index (χ1v) is 10.2. The van der Waals surface area contributed by atoms with E-state index in [1.54, 1.807) is 6.07 Å². The molecular weight excluding hydrogens is 414 g/mol. The highest BCUT2D eigenvalue weighted by molar-refractivity contribution is 9.10. The second-order valence-corrected chi connectivity index (χ2v) is 8.24. The minimum atomic E-state index is -3.74. The lowest BCUT2D eigenvalue weighted by Gasteiger charge is -2.20. The maximum Gasteiger partial charge on any atom is 0.241 e. The van der Waals surface area contributed by atoms with Crippen LogP contribution in [0.5, 0.6) is 5.75 Å². The van der Waals surface area contributed by atoms with Crippen LogP contribution in [0.3, 0.4) is 0 Å². The quantitative estimate of drug-likeness (QED) is 0.623. The zero-order valence-corrected chi connectivity index (χ0v) is 16.5. The van der Waals surface area contributed by atoms with Gasteiger partial charge in [0, 0.05) is 0 Å². The molecule has 0 saturated heterocycles. The summed E-state index contributed by atoms with van der Waals surface area (Å²) >= 11 is 3.34.